The van der Waals surface area contributed by atoms with Crippen LogP contribution in [0.4, 0.5) is 13.2 Å². The minimum Gasteiger partial charge on any atom is -0.380 e. The van der Waals surface area contributed by atoms with E-state index in [4.69, 9.17) is 0 Å². The number of halogens is 3. The van der Waals surface area contributed by atoms with Gasteiger partial charge in [0.05, 0.1) is 5.92 Å². The maximum absolute atomic E-state index is 13.7. The van der Waals surface area contributed by atoms with Crippen molar-refractivity contribution in [2.75, 3.05) is 0 Å². The molecule has 4 fully saturated rings. The molecule has 3 unspecified atom stereocenters. The van der Waals surface area contributed by atoms with Gasteiger partial charge in [0, 0.05) is 11.8 Å². The Kier molecular flexibility index (Phi) is 4.17. The highest BCUT2D eigenvalue weighted by atomic mass is 19.4. The third-order valence-electron chi connectivity index (χ3n) is 9.37. The van der Waals surface area contributed by atoms with Crippen molar-refractivity contribution in [3.63, 3.8) is 0 Å². The molecule has 0 aliphatic heterocycles. The SMILES string of the molecule is C[C@]12CC(C=O)C(=O)CC1CC[C@@H]1[C@H]2CC[C@@]2(C)[C@H]1CCC2(O)C(F)(F)F. The van der Waals surface area contributed by atoms with Crippen LogP contribution >= 0.6 is 0 Å². The van der Waals surface area contributed by atoms with E-state index in [1.165, 1.54) is 0 Å². The fraction of sp³-hybridized carbons (Fsp3) is 0.905. The molecule has 0 saturated heterocycles. The van der Waals surface area contributed by atoms with E-state index in [1.54, 1.807) is 6.92 Å². The number of alkyl halides is 3. The highest BCUT2D eigenvalue weighted by Gasteiger charge is 2.72. The van der Waals surface area contributed by atoms with Gasteiger partial charge < -0.3 is 9.90 Å². The Hall–Kier alpha value is -0.910. The average Bonchev–Trinajstić information content (AvgIpc) is 2.87. The van der Waals surface area contributed by atoms with Gasteiger partial charge in [-0.05, 0) is 74.0 Å². The van der Waals surface area contributed by atoms with Crippen molar-refractivity contribution >= 4 is 12.1 Å². The van der Waals surface area contributed by atoms with E-state index in [0.29, 0.717) is 32.1 Å². The third-order valence-corrected chi connectivity index (χ3v) is 9.37. The fourth-order valence-electron chi connectivity index (χ4n) is 7.78. The second kappa shape index (κ2) is 5.80. The van der Waals surface area contributed by atoms with Crippen molar-refractivity contribution in [3.8, 4) is 0 Å². The minimum absolute atomic E-state index is 0.0267. The first-order valence-corrected chi connectivity index (χ1v) is 10.2. The number of carbonyl (C=O) groups is 2. The first-order chi connectivity index (χ1) is 12.5. The zero-order valence-corrected chi connectivity index (χ0v) is 16.0. The maximum atomic E-state index is 13.7. The number of hydrogen-bond acceptors (Lipinski definition) is 3. The summed E-state index contributed by atoms with van der Waals surface area (Å²) in [4.78, 5) is 23.6. The summed E-state index contributed by atoms with van der Waals surface area (Å²) in [7, 11) is 0. The van der Waals surface area contributed by atoms with Crippen LogP contribution in [0.25, 0.3) is 0 Å². The number of carbonyl (C=O) groups excluding carboxylic acids is 2. The van der Waals surface area contributed by atoms with Crippen molar-refractivity contribution in [1.29, 1.82) is 0 Å². The van der Waals surface area contributed by atoms with Crippen LogP contribution in [0.2, 0.25) is 0 Å². The highest BCUT2D eigenvalue weighted by Crippen LogP contribution is 2.70. The zero-order chi connectivity index (χ0) is 19.8. The maximum Gasteiger partial charge on any atom is 0.417 e. The van der Waals surface area contributed by atoms with Gasteiger partial charge in [-0.1, -0.05) is 13.8 Å². The van der Waals surface area contributed by atoms with E-state index in [0.717, 1.165) is 19.1 Å². The molecule has 1 N–H and O–H groups in total. The average molecular weight is 386 g/mol. The molecule has 3 nitrogen and oxygen atoms in total. The third kappa shape index (κ3) is 2.37. The van der Waals surface area contributed by atoms with Crippen LogP contribution in [-0.4, -0.2) is 29.0 Å². The smallest absolute Gasteiger partial charge is 0.380 e. The molecule has 4 rings (SSSR count). The quantitative estimate of drug-likeness (QED) is 0.539. The summed E-state index contributed by atoms with van der Waals surface area (Å²) in [6, 6.07) is 0. The Morgan fingerprint density at radius 1 is 1.07 bits per heavy atom. The van der Waals surface area contributed by atoms with Crippen LogP contribution in [0.15, 0.2) is 0 Å². The van der Waals surface area contributed by atoms with Crippen molar-refractivity contribution in [3.05, 3.63) is 0 Å². The number of aldehydes is 1. The van der Waals surface area contributed by atoms with Gasteiger partial charge >= 0.3 is 6.18 Å². The predicted octanol–water partition coefficient (Wildman–Crippen LogP) is 4.32. The Labute approximate surface area is 158 Å². The molecule has 0 bridgehead atoms. The van der Waals surface area contributed by atoms with Crippen molar-refractivity contribution in [2.24, 2.45) is 40.4 Å². The predicted molar refractivity (Wildman–Crippen MR) is 92.7 cm³/mol. The molecule has 0 aromatic heterocycles. The van der Waals surface area contributed by atoms with Crippen molar-refractivity contribution in [1.82, 2.24) is 0 Å². The topological polar surface area (TPSA) is 54.4 Å². The normalized spacial score (nSPS) is 52.7. The molecule has 4 saturated carbocycles. The zero-order valence-electron chi connectivity index (χ0n) is 16.0. The van der Waals surface area contributed by atoms with E-state index in [-0.39, 0.29) is 41.3 Å². The molecule has 27 heavy (non-hydrogen) atoms. The van der Waals surface area contributed by atoms with E-state index < -0.39 is 23.1 Å². The fourth-order valence-corrected chi connectivity index (χ4v) is 7.78. The van der Waals surface area contributed by atoms with Gasteiger partial charge in [0.1, 0.15) is 12.1 Å². The summed E-state index contributed by atoms with van der Waals surface area (Å²) in [5.41, 5.74) is -3.89. The number of rotatable bonds is 1. The molecule has 0 aromatic carbocycles. The summed E-state index contributed by atoms with van der Waals surface area (Å²) in [6.07, 6.45) is -0.0148. The number of aliphatic hydroxyl groups is 1. The molecule has 4 aliphatic carbocycles. The second-order valence-electron chi connectivity index (χ2n) is 10.1. The second-order valence-corrected chi connectivity index (χ2v) is 10.1. The monoisotopic (exact) mass is 386 g/mol. The summed E-state index contributed by atoms with van der Waals surface area (Å²) in [6.45, 7) is 3.80. The van der Waals surface area contributed by atoms with Gasteiger partial charge in [-0.2, -0.15) is 13.2 Å². The standard InChI is InChI=1S/C21H29F3O3/c1-18-10-12(11-25)17(26)9-13(18)3-4-14-15(18)5-7-19(2)16(14)6-8-20(19,27)21(22,23)24/h11-16,27H,3-10H2,1-2H3/t12?,13?,14-,15-,16+,18+,19+,20?/m1/s1. The molecule has 8 atom stereocenters. The van der Waals surface area contributed by atoms with Crippen LogP contribution in [0.1, 0.15) is 65.2 Å². The van der Waals surface area contributed by atoms with Crippen LogP contribution in [0, 0.1) is 40.4 Å². The van der Waals surface area contributed by atoms with Crippen LogP contribution < -0.4 is 0 Å². The van der Waals surface area contributed by atoms with Crippen LogP contribution in [-0.2, 0) is 9.59 Å². The Morgan fingerprint density at radius 2 is 1.74 bits per heavy atom. The lowest BCUT2D eigenvalue weighted by Crippen LogP contribution is -2.61. The molecular weight excluding hydrogens is 357 g/mol. The van der Waals surface area contributed by atoms with Crippen molar-refractivity contribution in [2.45, 2.75) is 77.0 Å². The lowest BCUT2D eigenvalue weighted by molar-refractivity contribution is -0.304. The number of Topliss-reactive ketones (excluding diaryl/α,β-unsaturated/α-hetero) is 1. The molecule has 152 valence electrons. The Morgan fingerprint density at radius 3 is 2.37 bits per heavy atom. The van der Waals surface area contributed by atoms with E-state index in [2.05, 4.69) is 6.92 Å². The first kappa shape index (κ1) is 19.4. The molecule has 0 amide bonds. The number of ketones is 1. The molecule has 0 heterocycles. The van der Waals surface area contributed by atoms with Gasteiger partial charge in [0.15, 0.2) is 5.60 Å². The summed E-state index contributed by atoms with van der Waals surface area (Å²) >= 11 is 0. The van der Waals surface area contributed by atoms with Gasteiger partial charge in [0.2, 0.25) is 0 Å². The lowest BCUT2D eigenvalue weighted by atomic mass is 9.43. The summed E-state index contributed by atoms with van der Waals surface area (Å²) in [5, 5.41) is 10.7. The molecule has 6 heteroatoms. The Balaban J connectivity index is 1.66. The van der Waals surface area contributed by atoms with E-state index >= 15 is 0 Å². The van der Waals surface area contributed by atoms with Crippen LogP contribution in [0.5, 0.6) is 0 Å². The van der Waals surface area contributed by atoms with E-state index in [1.807, 2.05) is 0 Å². The molecule has 0 spiro atoms. The number of fused-ring (bicyclic) bond motifs is 5. The molecular formula is C21H29F3O3. The van der Waals surface area contributed by atoms with Gasteiger partial charge in [0.25, 0.3) is 0 Å². The van der Waals surface area contributed by atoms with Crippen LogP contribution in [0.3, 0.4) is 0 Å². The summed E-state index contributed by atoms with van der Waals surface area (Å²) < 4.78 is 41.2. The highest BCUT2D eigenvalue weighted by molar-refractivity contribution is 5.94. The van der Waals surface area contributed by atoms with Gasteiger partial charge in [-0.15, -0.1) is 0 Å². The van der Waals surface area contributed by atoms with E-state index in [9.17, 15) is 27.9 Å². The Bertz CT molecular complexity index is 662. The molecule has 0 aromatic rings. The van der Waals surface area contributed by atoms with Gasteiger partial charge in [-0.3, -0.25) is 4.79 Å². The lowest BCUT2D eigenvalue weighted by Gasteiger charge is -2.61. The minimum atomic E-state index is -4.61. The first-order valence-electron chi connectivity index (χ1n) is 10.2. The largest absolute Gasteiger partial charge is 0.417 e. The van der Waals surface area contributed by atoms with Gasteiger partial charge in [-0.25, -0.2) is 0 Å². The molecule has 4 aliphatic rings. The number of hydrogen-bond donors (Lipinski definition) is 1. The van der Waals surface area contributed by atoms with Crippen molar-refractivity contribution < 1.29 is 27.9 Å². The summed E-state index contributed by atoms with van der Waals surface area (Å²) in [5.74, 6) is -0.0714. The molecule has 0 radical (unpaired) electrons.